The van der Waals surface area contributed by atoms with Gasteiger partial charge in [-0.05, 0) is 54.9 Å². The lowest BCUT2D eigenvalue weighted by Gasteiger charge is -2.35. The van der Waals surface area contributed by atoms with Crippen LogP contribution in [0.2, 0.25) is 0 Å². The average Bonchev–Trinajstić information content (AvgIpc) is 3.42. The van der Waals surface area contributed by atoms with E-state index < -0.39 is 0 Å². The Morgan fingerprint density at radius 3 is 2.24 bits per heavy atom. The molecule has 1 aliphatic carbocycles. The first-order valence-electron chi connectivity index (χ1n) is 10.8. The number of carbonyl (C=O) groups is 2. The molecule has 5 heteroatoms. The van der Waals surface area contributed by atoms with Crippen molar-refractivity contribution in [3.63, 3.8) is 0 Å². The van der Waals surface area contributed by atoms with Gasteiger partial charge in [-0.25, -0.2) is 0 Å². The molecule has 0 aromatic heterocycles. The topological polar surface area (TPSA) is 52.7 Å². The Hall–Kier alpha value is -2.04. The fourth-order valence-corrected chi connectivity index (χ4v) is 3.37. The van der Waals surface area contributed by atoms with E-state index >= 15 is 0 Å². The van der Waals surface area contributed by atoms with Crippen LogP contribution in [0.4, 0.5) is 11.4 Å². The van der Waals surface area contributed by atoms with Gasteiger partial charge in [-0.2, -0.15) is 0 Å². The Kier molecular flexibility index (Phi) is 7.36. The Morgan fingerprint density at radius 1 is 1.14 bits per heavy atom. The van der Waals surface area contributed by atoms with Crippen molar-refractivity contribution < 1.29 is 9.59 Å². The van der Waals surface area contributed by atoms with Gasteiger partial charge in [0.2, 0.25) is 11.8 Å². The summed E-state index contributed by atoms with van der Waals surface area (Å²) in [4.78, 5) is 29.5. The molecule has 0 spiro atoms. The van der Waals surface area contributed by atoms with Crippen LogP contribution >= 0.6 is 0 Å². The number of hydrogen-bond donors (Lipinski definition) is 1. The lowest BCUT2D eigenvalue weighted by atomic mass is 9.90. The van der Waals surface area contributed by atoms with E-state index in [4.69, 9.17) is 0 Å². The van der Waals surface area contributed by atoms with Crippen molar-refractivity contribution in [3.05, 3.63) is 23.8 Å². The zero-order valence-electron chi connectivity index (χ0n) is 19.5. The molecule has 29 heavy (non-hydrogen) atoms. The molecule has 0 radical (unpaired) electrons. The second kappa shape index (κ2) is 9.19. The van der Waals surface area contributed by atoms with Gasteiger partial charge in [-0.15, -0.1) is 0 Å². The highest BCUT2D eigenvalue weighted by molar-refractivity contribution is 5.94. The second-order valence-electron chi connectivity index (χ2n) is 10.2. The molecule has 0 aliphatic heterocycles. The Balaban J connectivity index is 2.33. The van der Waals surface area contributed by atoms with Crippen molar-refractivity contribution in [2.75, 3.05) is 24.3 Å². The standard InChI is InChI=1S/C24H39N3O2/c1-16(2)17(3)27(22(28)14-24(4,5)6)15-19-13-20(11-12-21(19)26(7)8)25-23(29)18-9-10-18/h11-13,16-18H,9-10,14-15H2,1-8H3,(H,25,29)/t17-/m0/s1. The highest BCUT2D eigenvalue weighted by Crippen LogP contribution is 2.32. The van der Waals surface area contributed by atoms with Crippen LogP contribution in [-0.4, -0.2) is 36.9 Å². The highest BCUT2D eigenvalue weighted by Gasteiger charge is 2.30. The van der Waals surface area contributed by atoms with Gasteiger partial charge in [0.25, 0.3) is 0 Å². The van der Waals surface area contributed by atoms with Gasteiger partial charge in [0.1, 0.15) is 0 Å². The van der Waals surface area contributed by atoms with E-state index in [1.54, 1.807) is 0 Å². The van der Waals surface area contributed by atoms with E-state index in [0.717, 1.165) is 29.8 Å². The summed E-state index contributed by atoms with van der Waals surface area (Å²) in [5, 5.41) is 3.04. The molecule has 1 aromatic rings. The predicted molar refractivity (Wildman–Crippen MR) is 121 cm³/mol. The van der Waals surface area contributed by atoms with Crippen molar-refractivity contribution in [1.82, 2.24) is 4.90 Å². The van der Waals surface area contributed by atoms with Crippen LogP contribution in [0.25, 0.3) is 0 Å². The van der Waals surface area contributed by atoms with Crippen molar-refractivity contribution in [3.8, 4) is 0 Å². The molecule has 0 bridgehead atoms. The van der Waals surface area contributed by atoms with E-state index in [-0.39, 0.29) is 29.2 Å². The smallest absolute Gasteiger partial charge is 0.227 e. The summed E-state index contributed by atoms with van der Waals surface area (Å²) in [6.45, 7) is 13.3. The van der Waals surface area contributed by atoms with Gasteiger partial charge in [0.15, 0.2) is 0 Å². The Bertz CT molecular complexity index is 730. The summed E-state index contributed by atoms with van der Waals surface area (Å²) in [6.07, 6.45) is 2.48. The van der Waals surface area contributed by atoms with Crippen LogP contribution < -0.4 is 10.2 Å². The van der Waals surface area contributed by atoms with E-state index in [2.05, 4.69) is 51.8 Å². The van der Waals surface area contributed by atoms with Crippen LogP contribution in [-0.2, 0) is 16.1 Å². The molecule has 0 unspecified atom stereocenters. The molecule has 5 nitrogen and oxygen atoms in total. The van der Waals surface area contributed by atoms with E-state index in [1.807, 2.05) is 37.2 Å². The fourth-order valence-electron chi connectivity index (χ4n) is 3.37. The third-order valence-electron chi connectivity index (χ3n) is 5.58. The molecule has 2 amide bonds. The molecule has 1 saturated carbocycles. The number of carbonyl (C=O) groups excluding carboxylic acids is 2. The SMILES string of the molecule is CC(C)[C@H](C)N(Cc1cc(NC(=O)C2CC2)ccc1N(C)C)C(=O)CC(C)(C)C. The molecule has 1 N–H and O–H groups in total. The molecule has 1 aromatic carbocycles. The van der Waals surface area contributed by atoms with Gasteiger partial charge >= 0.3 is 0 Å². The van der Waals surface area contributed by atoms with Crippen LogP contribution in [0.5, 0.6) is 0 Å². The Morgan fingerprint density at radius 2 is 1.76 bits per heavy atom. The van der Waals surface area contributed by atoms with Crippen molar-refractivity contribution in [2.45, 2.75) is 73.4 Å². The minimum absolute atomic E-state index is 0.0590. The molecular weight excluding hydrogens is 362 g/mol. The lowest BCUT2D eigenvalue weighted by Crippen LogP contribution is -2.42. The number of nitrogens with zero attached hydrogens (tertiary/aromatic N) is 2. The molecule has 0 saturated heterocycles. The van der Waals surface area contributed by atoms with Gasteiger partial charge in [-0.3, -0.25) is 9.59 Å². The number of amides is 2. The summed E-state index contributed by atoms with van der Waals surface area (Å²) >= 11 is 0. The van der Waals surface area contributed by atoms with Crippen molar-refractivity contribution >= 4 is 23.2 Å². The maximum absolute atomic E-state index is 13.2. The summed E-state index contributed by atoms with van der Waals surface area (Å²) in [7, 11) is 4.02. The first kappa shape index (κ1) is 23.2. The van der Waals surface area contributed by atoms with Gasteiger partial charge < -0.3 is 15.1 Å². The number of rotatable bonds is 8. The third kappa shape index (κ3) is 6.76. The number of nitrogens with one attached hydrogen (secondary N) is 1. The number of benzene rings is 1. The van der Waals surface area contributed by atoms with E-state index in [9.17, 15) is 9.59 Å². The van der Waals surface area contributed by atoms with Crippen LogP contribution in [0, 0.1) is 17.3 Å². The summed E-state index contributed by atoms with van der Waals surface area (Å²) in [6, 6.07) is 6.14. The summed E-state index contributed by atoms with van der Waals surface area (Å²) in [5.41, 5.74) is 2.87. The lowest BCUT2D eigenvalue weighted by molar-refractivity contribution is -0.136. The highest BCUT2D eigenvalue weighted by atomic mass is 16.2. The first-order chi connectivity index (χ1) is 13.4. The molecular formula is C24H39N3O2. The number of hydrogen-bond acceptors (Lipinski definition) is 3. The van der Waals surface area contributed by atoms with Crippen molar-refractivity contribution in [1.29, 1.82) is 0 Å². The van der Waals surface area contributed by atoms with Gasteiger partial charge in [0.05, 0.1) is 0 Å². The summed E-state index contributed by atoms with van der Waals surface area (Å²) in [5.74, 6) is 0.804. The fraction of sp³-hybridized carbons (Fsp3) is 0.667. The molecule has 1 fully saturated rings. The molecule has 2 rings (SSSR count). The van der Waals surface area contributed by atoms with Crippen LogP contribution in [0.15, 0.2) is 18.2 Å². The largest absolute Gasteiger partial charge is 0.377 e. The third-order valence-corrected chi connectivity index (χ3v) is 5.58. The van der Waals surface area contributed by atoms with Gasteiger partial charge in [-0.1, -0.05) is 34.6 Å². The minimum Gasteiger partial charge on any atom is -0.377 e. The zero-order valence-corrected chi connectivity index (χ0v) is 19.5. The zero-order chi connectivity index (χ0) is 21.9. The van der Waals surface area contributed by atoms with Crippen molar-refractivity contribution in [2.24, 2.45) is 17.3 Å². The predicted octanol–water partition coefficient (Wildman–Crippen LogP) is 4.91. The molecule has 0 heterocycles. The van der Waals surface area contributed by atoms with Crippen LogP contribution in [0.3, 0.4) is 0 Å². The first-order valence-corrected chi connectivity index (χ1v) is 10.8. The Labute approximate surface area is 176 Å². The maximum Gasteiger partial charge on any atom is 0.227 e. The van der Waals surface area contributed by atoms with E-state index in [0.29, 0.717) is 18.9 Å². The normalized spacial score (nSPS) is 15.2. The maximum atomic E-state index is 13.2. The summed E-state index contributed by atoms with van der Waals surface area (Å²) < 4.78 is 0. The quantitative estimate of drug-likeness (QED) is 0.673. The average molecular weight is 402 g/mol. The molecule has 162 valence electrons. The molecule has 1 atom stereocenters. The molecule has 1 aliphatic rings. The van der Waals surface area contributed by atoms with E-state index in [1.165, 1.54) is 0 Å². The minimum atomic E-state index is -0.0590. The van der Waals surface area contributed by atoms with Crippen LogP contribution in [0.1, 0.15) is 66.4 Å². The second-order valence-corrected chi connectivity index (χ2v) is 10.2. The van der Waals surface area contributed by atoms with Gasteiger partial charge in [0, 0.05) is 50.4 Å². The monoisotopic (exact) mass is 401 g/mol. The number of anilines is 2.